The van der Waals surface area contributed by atoms with Gasteiger partial charge >= 0.3 is 5.76 Å². The zero-order valence-electron chi connectivity index (χ0n) is 19.9. The van der Waals surface area contributed by atoms with Crippen LogP contribution in [-0.2, 0) is 26.0 Å². The number of hydrogen-bond donors (Lipinski definition) is 2. The number of aliphatic hydroxyl groups excluding tert-OH is 1. The summed E-state index contributed by atoms with van der Waals surface area (Å²) in [4.78, 5) is 16.2. The molecule has 0 aliphatic carbocycles. The number of ether oxygens (including phenoxy) is 2. The van der Waals surface area contributed by atoms with Crippen LogP contribution in [0.15, 0.2) is 68.4 Å². The van der Waals surface area contributed by atoms with Crippen molar-refractivity contribution in [3.05, 3.63) is 93.8 Å². The molecule has 2 aromatic heterocycles. The van der Waals surface area contributed by atoms with Gasteiger partial charge in [0.05, 0.1) is 19.8 Å². The third-order valence-electron chi connectivity index (χ3n) is 5.37. The topological polar surface area (TPSA) is 120 Å². The van der Waals surface area contributed by atoms with E-state index in [9.17, 15) is 9.90 Å². The number of aromatic hydroxyl groups is 1. The van der Waals surface area contributed by atoms with Crippen LogP contribution >= 0.6 is 0 Å². The Balaban J connectivity index is 1.38. The summed E-state index contributed by atoms with van der Waals surface area (Å²) in [5.41, 5.74) is 2.61. The van der Waals surface area contributed by atoms with Crippen LogP contribution in [0.3, 0.4) is 0 Å². The Morgan fingerprint density at radius 1 is 1.06 bits per heavy atom. The first-order chi connectivity index (χ1) is 17.6. The van der Waals surface area contributed by atoms with E-state index in [-0.39, 0.29) is 31.4 Å². The van der Waals surface area contributed by atoms with Gasteiger partial charge in [0, 0.05) is 12.5 Å². The number of oxazole rings is 2. The Morgan fingerprint density at radius 3 is 2.67 bits per heavy atom. The van der Waals surface area contributed by atoms with E-state index in [0.717, 1.165) is 15.7 Å². The van der Waals surface area contributed by atoms with Gasteiger partial charge in [0.25, 0.3) is 0 Å². The lowest BCUT2D eigenvalue weighted by Crippen LogP contribution is -2.15. The van der Waals surface area contributed by atoms with Crippen LogP contribution < -0.4 is 15.2 Å². The zero-order chi connectivity index (χ0) is 25.3. The predicted octanol–water partition coefficient (Wildman–Crippen LogP) is 4.06. The lowest BCUT2D eigenvalue weighted by molar-refractivity contribution is 0.262. The van der Waals surface area contributed by atoms with Gasteiger partial charge in [0.1, 0.15) is 18.6 Å². The number of aliphatic hydroxyl groups is 1. The molecule has 2 aromatic carbocycles. The molecule has 0 amide bonds. The molecule has 4 aromatic rings. The van der Waals surface area contributed by atoms with Gasteiger partial charge in [-0.15, -0.1) is 0 Å². The summed E-state index contributed by atoms with van der Waals surface area (Å²) in [7, 11) is 0. The van der Waals surface area contributed by atoms with Crippen molar-refractivity contribution in [3.8, 4) is 17.4 Å². The van der Waals surface area contributed by atoms with Gasteiger partial charge in [0.15, 0.2) is 17.3 Å². The molecule has 0 saturated carbocycles. The predicted molar refractivity (Wildman–Crippen MR) is 133 cm³/mol. The third kappa shape index (κ3) is 6.25. The van der Waals surface area contributed by atoms with Crippen molar-refractivity contribution >= 4 is 12.2 Å². The van der Waals surface area contributed by atoms with Gasteiger partial charge in [-0.25, -0.2) is 14.3 Å². The minimum atomic E-state index is -0.693. The Bertz CT molecular complexity index is 1350. The van der Waals surface area contributed by atoms with Gasteiger partial charge in [0.2, 0.25) is 11.8 Å². The highest BCUT2D eigenvalue weighted by molar-refractivity contribution is 5.65. The molecule has 0 atom stereocenters. The number of aryl methyl sites for hydroxylation is 2. The van der Waals surface area contributed by atoms with Crippen molar-refractivity contribution in [1.82, 2.24) is 9.55 Å². The van der Waals surface area contributed by atoms with E-state index in [1.165, 1.54) is 0 Å². The molecule has 9 heteroatoms. The molecule has 0 aliphatic rings. The standard InChI is InChI=1S/C27H28N2O7/c1-2-33-24-16-20(9-12-23-26(31)29(14-15-30)27(32)36-23)8-11-22(24)34-17-21-18-35-25(28-21)13-10-19-6-4-3-5-7-19/h3-8,10-11,13,16,18,30-31H,2,9,12,14-15,17H2,1H3. The highest BCUT2D eigenvalue weighted by Gasteiger charge is 2.16. The lowest BCUT2D eigenvalue weighted by Gasteiger charge is -2.12. The summed E-state index contributed by atoms with van der Waals surface area (Å²) >= 11 is 0. The van der Waals surface area contributed by atoms with Crippen molar-refractivity contribution in [2.24, 2.45) is 0 Å². The molecule has 188 valence electrons. The van der Waals surface area contributed by atoms with Crippen molar-refractivity contribution in [2.75, 3.05) is 13.2 Å². The number of aromatic nitrogens is 2. The quantitative estimate of drug-likeness (QED) is 0.304. The van der Waals surface area contributed by atoms with Gasteiger partial charge in [-0.3, -0.25) is 0 Å². The van der Waals surface area contributed by atoms with Crippen LogP contribution in [0.2, 0.25) is 0 Å². The highest BCUT2D eigenvalue weighted by Crippen LogP contribution is 2.30. The van der Waals surface area contributed by atoms with Crippen molar-refractivity contribution in [3.63, 3.8) is 0 Å². The summed E-state index contributed by atoms with van der Waals surface area (Å²) in [6.45, 7) is 2.25. The van der Waals surface area contributed by atoms with E-state index >= 15 is 0 Å². The minimum Gasteiger partial charge on any atom is -0.492 e. The van der Waals surface area contributed by atoms with Crippen LogP contribution in [-0.4, -0.2) is 33.0 Å². The van der Waals surface area contributed by atoms with Gasteiger partial charge in [-0.2, -0.15) is 0 Å². The second-order valence-electron chi connectivity index (χ2n) is 7.91. The molecular formula is C27H28N2O7. The van der Waals surface area contributed by atoms with Gasteiger partial charge in [-0.1, -0.05) is 36.4 Å². The summed E-state index contributed by atoms with van der Waals surface area (Å²) in [5, 5.41) is 19.2. The molecule has 2 heterocycles. The van der Waals surface area contributed by atoms with Crippen molar-refractivity contribution < 1.29 is 28.5 Å². The normalized spacial score (nSPS) is 11.3. The molecule has 2 N–H and O–H groups in total. The monoisotopic (exact) mass is 492 g/mol. The number of nitrogens with zero attached hydrogens (tertiary/aromatic N) is 2. The van der Waals surface area contributed by atoms with Crippen LogP contribution in [0, 0.1) is 0 Å². The second-order valence-corrected chi connectivity index (χ2v) is 7.91. The average Bonchev–Trinajstić information content (AvgIpc) is 3.46. The molecule has 36 heavy (non-hydrogen) atoms. The second kappa shape index (κ2) is 11.9. The van der Waals surface area contributed by atoms with Crippen LogP contribution in [0.4, 0.5) is 0 Å². The SMILES string of the molecule is CCOc1cc(CCc2oc(=O)n(CCO)c2O)ccc1OCc1coc(C=Cc2ccccc2)n1. The summed E-state index contributed by atoms with van der Waals surface area (Å²) in [5.74, 6) is 0.849. The van der Waals surface area contributed by atoms with Crippen molar-refractivity contribution in [2.45, 2.75) is 32.9 Å². The maximum absolute atomic E-state index is 11.8. The fraction of sp³-hybridized carbons (Fsp3) is 0.259. The Morgan fingerprint density at radius 2 is 1.89 bits per heavy atom. The fourth-order valence-electron chi connectivity index (χ4n) is 3.61. The van der Waals surface area contributed by atoms with E-state index in [1.807, 2.05) is 61.5 Å². The summed E-state index contributed by atoms with van der Waals surface area (Å²) in [6, 6.07) is 15.4. The molecule has 0 saturated heterocycles. The van der Waals surface area contributed by atoms with E-state index in [0.29, 0.717) is 42.5 Å². The average molecular weight is 493 g/mol. The van der Waals surface area contributed by atoms with E-state index in [4.69, 9.17) is 23.4 Å². The molecule has 0 spiro atoms. The first-order valence-electron chi connectivity index (χ1n) is 11.7. The smallest absolute Gasteiger partial charge is 0.422 e. The maximum Gasteiger partial charge on any atom is 0.422 e. The Labute approximate surface area is 207 Å². The first kappa shape index (κ1) is 24.9. The number of hydrogen-bond acceptors (Lipinski definition) is 8. The van der Waals surface area contributed by atoms with Crippen molar-refractivity contribution in [1.29, 1.82) is 0 Å². The molecule has 0 aliphatic heterocycles. The summed E-state index contributed by atoms with van der Waals surface area (Å²) in [6.07, 6.45) is 6.10. The fourth-order valence-corrected chi connectivity index (χ4v) is 3.61. The van der Waals surface area contributed by atoms with Gasteiger partial charge in [-0.05, 0) is 42.7 Å². The minimum absolute atomic E-state index is 0.0228. The first-order valence-corrected chi connectivity index (χ1v) is 11.7. The molecule has 0 fully saturated rings. The Kier molecular flexibility index (Phi) is 8.25. The molecule has 0 radical (unpaired) electrons. The molecule has 9 nitrogen and oxygen atoms in total. The molecule has 0 bridgehead atoms. The lowest BCUT2D eigenvalue weighted by atomic mass is 10.1. The third-order valence-corrected chi connectivity index (χ3v) is 5.37. The highest BCUT2D eigenvalue weighted by atomic mass is 16.5. The molecule has 4 rings (SSSR count). The van der Waals surface area contributed by atoms with Crippen LogP contribution in [0.1, 0.15) is 35.4 Å². The van der Waals surface area contributed by atoms with E-state index in [2.05, 4.69) is 4.98 Å². The summed E-state index contributed by atoms with van der Waals surface area (Å²) < 4.78 is 23.3. The number of benzene rings is 2. The van der Waals surface area contributed by atoms with E-state index in [1.54, 1.807) is 12.3 Å². The number of rotatable bonds is 12. The zero-order valence-corrected chi connectivity index (χ0v) is 19.9. The Hall–Kier alpha value is -4.24. The van der Waals surface area contributed by atoms with Gasteiger partial charge < -0.3 is 28.5 Å². The van der Waals surface area contributed by atoms with Crippen LogP contribution in [0.5, 0.6) is 17.4 Å². The molecular weight excluding hydrogens is 464 g/mol. The van der Waals surface area contributed by atoms with Crippen LogP contribution in [0.25, 0.3) is 12.2 Å². The molecule has 0 unspecified atom stereocenters. The maximum atomic E-state index is 11.8. The largest absolute Gasteiger partial charge is 0.492 e. The van der Waals surface area contributed by atoms with E-state index < -0.39 is 5.76 Å².